The number of hydrogen-bond acceptors (Lipinski definition) is 8. The van der Waals surface area contributed by atoms with E-state index in [2.05, 4.69) is 63.2 Å². The number of hydrogen-bond donors (Lipinski definition) is 3. The monoisotopic (exact) mass is 330 g/mol. The van der Waals surface area contributed by atoms with E-state index in [0.717, 1.165) is 13.1 Å². The van der Waals surface area contributed by atoms with E-state index in [9.17, 15) is 0 Å². The summed E-state index contributed by atoms with van der Waals surface area (Å²) in [6, 6.07) is 2.80. The average molecular weight is 330 g/mol. The largest absolute Gasteiger partial charge is 0.369 e. The molecule has 0 saturated heterocycles. The summed E-state index contributed by atoms with van der Waals surface area (Å²) in [5.74, 6) is 2.07. The maximum absolute atomic E-state index is 5.79. The van der Waals surface area contributed by atoms with Crippen LogP contribution in [-0.2, 0) is 0 Å². The van der Waals surface area contributed by atoms with Crippen molar-refractivity contribution in [2.24, 2.45) is 0 Å². The molecule has 8 heteroatoms. The predicted octanol–water partition coefficient (Wildman–Crippen LogP) is 2.12. The molecule has 0 unspecified atom stereocenters. The quantitative estimate of drug-likeness (QED) is 0.676. The summed E-state index contributed by atoms with van der Waals surface area (Å²) in [5, 5.41) is 6.37. The van der Waals surface area contributed by atoms with Crippen LogP contribution in [0.5, 0.6) is 0 Å². The van der Waals surface area contributed by atoms with E-state index < -0.39 is 0 Å². The minimum absolute atomic E-state index is 0.205. The van der Waals surface area contributed by atoms with Crippen molar-refractivity contribution >= 4 is 23.4 Å². The number of anilines is 4. The second-order valence-electron chi connectivity index (χ2n) is 6.06. The third-order valence-corrected chi connectivity index (χ3v) is 3.57. The number of nitrogens with zero attached hydrogens (tertiary/aromatic N) is 5. The molecule has 0 atom stereocenters. The topological polar surface area (TPSA) is 105 Å². The van der Waals surface area contributed by atoms with Gasteiger partial charge in [-0.1, -0.05) is 0 Å². The van der Waals surface area contributed by atoms with Crippen molar-refractivity contribution in [1.29, 1.82) is 0 Å². The zero-order chi connectivity index (χ0) is 17.5. The Kier molecular flexibility index (Phi) is 6.25. The number of nitrogens with two attached hydrogens (primary N) is 1. The van der Waals surface area contributed by atoms with Crippen LogP contribution in [0, 0.1) is 0 Å². The molecule has 0 radical (unpaired) electrons. The predicted molar refractivity (Wildman–Crippen MR) is 97.2 cm³/mol. The molecule has 0 saturated carbocycles. The highest BCUT2D eigenvalue weighted by molar-refractivity contribution is 5.57. The Morgan fingerprint density at radius 1 is 1.04 bits per heavy atom. The summed E-state index contributed by atoms with van der Waals surface area (Å²) in [6.45, 7) is 10.5. The summed E-state index contributed by atoms with van der Waals surface area (Å²) >= 11 is 0. The lowest BCUT2D eigenvalue weighted by atomic mass is 10.2. The van der Waals surface area contributed by atoms with Crippen molar-refractivity contribution in [3.8, 4) is 0 Å². The van der Waals surface area contributed by atoms with Crippen molar-refractivity contribution in [3.05, 3.63) is 24.7 Å². The van der Waals surface area contributed by atoms with Gasteiger partial charge in [-0.3, -0.25) is 9.88 Å². The fourth-order valence-corrected chi connectivity index (χ4v) is 2.54. The first-order valence-corrected chi connectivity index (χ1v) is 8.13. The minimum atomic E-state index is 0.205. The lowest BCUT2D eigenvalue weighted by molar-refractivity contribution is 0.182. The van der Waals surface area contributed by atoms with Crippen LogP contribution in [0.25, 0.3) is 0 Å². The minimum Gasteiger partial charge on any atom is -0.369 e. The SMILES string of the molecule is CC(C)N(CCNc1cc(Nc2cnccn2)nc(N)n1)C(C)C. The second kappa shape index (κ2) is 8.39. The van der Waals surface area contributed by atoms with Crippen LogP contribution in [0.2, 0.25) is 0 Å². The van der Waals surface area contributed by atoms with E-state index in [1.54, 1.807) is 24.7 Å². The maximum Gasteiger partial charge on any atom is 0.223 e. The summed E-state index contributed by atoms with van der Waals surface area (Å²) in [6.07, 6.45) is 4.84. The van der Waals surface area contributed by atoms with Gasteiger partial charge in [-0.25, -0.2) is 4.98 Å². The Labute approximate surface area is 142 Å². The van der Waals surface area contributed by atoms with Crippen LogP contribution in [0.1, 0.15) is 27.7 Å². The zero-order valence-corrected chi connectivity index (χ0v) is 14.7. The molecule has 0 aliphatic heterocycles. The number of nitrogens with one attached hydrogen (secondary N) is 2. The zero-order valence-electron chi connectivity index (χ0n) is 14.7. The molecule has 0 aliphatic carbocycles. The Balaban J connectivity index is 1.98. The van der Waals surface area contributed by atoms with Gasteiger partial charge in [0.05, 0.1) is 6.20 Å². The van der Waals surface area contributed by atoms with Gasteiger partial charge in [-0.05, 0) is 27.7 Å². The van der Waals surface area contributed by atoms with Crippen molar-refractivity contribution in [2.75, 3.05) is 29.5 Å². The van der Waals surface area contributed by atoms with Crippen molar-refractivity contribution in [3.63, 3.8) is 0 Å². The van der Waals surface area contributed by atoms with Crippen LogP contribution >= 0.6 is 0 Å². The third-order valence-electron chi connectivity index (χ3n) is 3.57. The Hall–Kier alpha value is -2.48. The molecule has 2 aromatic heterocycles. The highest BCUT2D eigenvalue weighted by Crippen LogP contribution is 2.16. The van der Waals surface area contributed by atoms with Gasteiger partial charge in [0.2, 0.25) is 5.95 Å². The molecular weight excluding hydrogens is 304 g/mol. The molecule has 2 aromatic rings. The van der Waals surface area contributed by atoms with Crippen molar-refractivity contribution < 1.29 is 0 Å². The normalized spacial score (nSPS) is 11.3. The van der Waals surface area contributed by atoms with Gasteiger partial charge in [0.1, 0.15) is 17.5 Å². The first-order valence-electron chi connectivity index (χ1n) is 8.13. The van der Waals surface area contributed by atoms with E-state index in [0.29, 0.717) is 29.5 Å². The van der Waals surface area contributed by atoms with Gasteiger partial charge < -0.3 is 16.4 Å². The Morgan fingerprint density at radius 3 is 2.38 bits per heavy atom. The Bertz CT molecular complexity index is 621. The lowest BCUT2D eigenvalue weighted by Crippen LogP contribution is -2.40. The molecule has 2 heterocycles. The lowest BCUT2D eigenvalue weighted by Gasteiger charge is -2.30. The van der Waals surface area contributed by atoms with Crippen molar-refractivity contribution in [1.82, 2.24) is 24.8 Å². The van der Waals surface area contributed by atoms with Crippen LogP contribution in [-0.4, -0.2) is 50.0 Å². The molecule has 0 aromatic carbocycles. The van der Waals surface area contributed by atoms with Crippen LogP contribution in [0.3, 0.4) is 0 Å². The molecule has 0 aliphatic rings. The standard InChI is InChI=1S/C16H26N8/c1-11(2)24(12(3)4)8-7-20-13-9-14(23-16(17)22-13)21-15-10-18-5-6-19-15/h5-6,9-12H,7-8H2,1-4H3,(H4,17,19,20,21,22,23). The molecular formula is C16H26N8. The average Bonchev–Trinajstić information content (AvgIpc) is 2.51. The third kappa shape index (κ3) is 5.31. The van der Waals surface area contributed by atoms with Gasteiger partial charge in [-0.2, -0.15) is 9.97 Å². The molecule has 4 N–H and O–H groups in total. The van der Waals surface area contributed by atoms with Gasteiger partial charge in [0.25, 0.3) is 0 Å². The molecule has 0 amide bonds. The summed E-state index contributed by atoms with van der Waals surface area (Å²) in [5.41, 5.74) is 5.79. The van der Waals surface area contributed by atoms with Gasteiger partial charge in [-0.15, -0.1) is 0 Å². The molecule has 130 valence electrons. The van der Waals surface area contributed by atoms with E-state index in [1.807, 2.05) is 0 Å². The first kappa shape index (κ1) is 17.9. The van der Waals surface area contributed by atoms with E-state index in [4.69, 9.17) is 5.73 Å². The van der Waals surface area contributed by atoms with E-state index in [1.165, 1.54) is 0 Å². The van der Waals surface area contributed by atoms with Gasteiger partial charge >= 0.3 is 0 Å². The highest BCUT2D eigenvalue weighted by atomic mass is 15.2. The molecule has 2 rings (SSSR count). The molecule has 8 nitrogen and oxygen atoms in total. The number of rotatable bonds is 8. The fourth-order valence-electron chi connectivity index (χ4n) is 2.54. The first-order chi connectivity index (χ1) is 11.5. The highest BCUT2D eigenvalue weighted by Gasteiger charge is 2.12. The molecule has 0 fully saturated rings. The van der Waals surface area contributed by atoms with Crippen LogP contribution < -0.4 is 16.4 Å². The number of aromatic nitrogens is 4. The van der Waals surface area contributed by atoms with E-state index >= 15 is 0 Å². The fraction of sp³-hybridized carbons (Fsp3) is 0.500. The second-order valence-corrected chi connectivity index (χ2v) is 6.06. The smallest absolute Gasteiger partial charge is 0.223 e. The number of nitrogen functional groups attached to an aromatic ring is 1. The molecule has 0 bridgehead atoms. The van der Waals surface area contributed by atoms with E-state index in [-0.39, 0.29) is 5.95 Å². The molecule has 24 heavy (non-hydrogen) atoms. The van der Waals surface area contributed by atoms with Crippen LogP contribution in [0.15, 0.2) is 24.7 Å². The van der Waals surface area contributed by atoms with Crippen LogP contribution in [0.4, 0.5) is 23.4 Å². The summed E-state index contributed by atoms with van der Waals surface area (Å²) in [4.78, 5) is 19.0. The maximum atomic E-state index is 5.79. The summed E-state index contributed by atoms with van der Waals surface area (Å²) < 4.78 is 0. The van der Waals surface area contributed by atoms with Gasteiger partial charge in [0, 0.05) is 43.6 Å². The van der Waals surface area contributed by atoms with Crippen molar-refractivity contribution in [2.45, 2.75) is 39.8 Å². The molecule has 0 spiro atoms. The summed E-state index contributed by atoms with van der Waals surface area (Å²) in [7, 11) is 0. The van der Waals surface area contributed by atoms with Gasteiger partial charge in [0.15, 0.2) is 0 Å². The Morgan fingerprint density at radius 2 is 1.75 bits per heavy atom.